The number of para-hydroxylation sites is 1. The van der Waals surface area contributed by atoms with Gasteiger partial charge in [-0.3, -0.25) is 9.69 Å². The predicted molar refractivity (Wildman–Crippen MR) is 141 cm³/mol. The summed E-state index contributed by atoms with van der Waals surface area (Å²) in [7, 11) is 0. The van der Waals surface area contributed by atoms with Gasteiger partial charge in [-0.2, -0.15) is 0 Å². The average Bonchev–Trinajstić information content (AvgIpc) is 3.62. The normalized spacial score (nSPS) is 16.8. The van der Waals surface area contributed by atoms with Crippen molar-refractivity contribution in [1.82, 2.24) is 15.2 Å². The van der Waals surface area contributed by atoms with Crippen molar-refractivity contribution >= 4 is 16.8 Å². The van der Waals surface area contributed by atoms with E-state index >= 15 is 0 Å². The van der Waals surface area contributed by atoms with Gasteiger partial charge >= 0.3 is 0 Å². The van der Waals surface area contributed by atoms with Gasteiger partial charge in [0.2, 0.25) is 0 Å². The molecule has 6 rings (SSSR count). The van der Waals surface area contributed by atoms with Gasteiger partial charge in [-0.15, -0.1) is 0 Å². The number of amides is 1. The Morgan fingerprint density at radius 1 is 0.972 bits per heavy atom. The molecule has 1 aliphatic heterocycles. The van der Waals surface area contributed by atoms with Gasteiger partial charge in [0.25, 0.3) is 5.91 Å². The van der Waals surface area contributed by atoms with Crippen molar-refractivity contribution in [1.29, 1.82) is 0 Å². The molecule has 1 saturated heterocycles. The van der Waals surface area contributed by atoms with Gasteiger partial charge in [0.15, 0.2) is 0 Å². The van der Waals surface area contributed by atoms with E-state index in [-0.39, 0.29) is 17.8 Å². The minimum atomic E-state index is -0.275. The van der Waals surface area contributed by atoms with Crippen molar-refractivity contribution in [3.8, 4) is 11.3 Å². The maximum Gasteiger partial charge on any atom is 0.252 e. The SMILES string of the molecule is O=C(NC(c1cccc(F)c1)C1CC1)c1c(CN2CCCC2)c(-c2ccccc2)nc2ccccc12. The van der Waals surface area contributed by atoms with Crippen LogP contribution in [0.1, 0.15) is 53.2 Å². The highest BCUT2D eigenvalue weighted by Gasteiger charge is 2.35. The Hall–Kier alpha value is -3.57. The van der Waals surface area contributed by atoms with Crippen molar-refractivity contribution in [2.45, 2.75) is 38.3 Å². The lowest BCUT2D eigenvalue weighted by molar-refractivity contribution is 0.0931. The van der Waals surface area contributed by atoms with Crippen LogP contribution in [0.5, 0.6) is 0 Å². The fraction of sp³-hybridized carbons (Fsp3) is 0.290. The molecular weight excluding hydrogens is 449 g/mol. The van der Waals surface area contributed by atoms with Crippen LogP contribution < -0.4 is 5.32 Å². The first-order chi connectivity index (χ1) is 17.7. The second-order valence-corrected chi connectivity index (χ2v) is 10.0. The molecule has 1 unspecified atom stereocenters. The zero-order valence-electron chi connectivity index (χ0n) is 20.3. The van der Waals surface area contributed by atoms with E-state index in [9.17, 15) is 9.18 Å². The lowest BCUT2D eigenvalue weighted by Crippen LogP contribution is -2.32. The highest BCUT2D eigenvalue weighted by atomic mass is 19.1. The summed E-state index contributed by atoms with van der Waals surface area (Å²) in [5.41, 5.74) is 5.16. The molecule has 0 radical (unpaired) electrons. The summed E-state index contributed by atoms with van der Waals surface area (Å²) in [6.45, 7) is 2.73. The molecule has 36 heavy (non-hydrogen) atoms. The van der Waals surface area contributed by atoms with E-state index in [0.717, 1.165) is 59.2 Å². The second-order valence-electron chi connectivity index (χ2n) is 10.0. The summed E-state index contributed by atoms with van der Waals surface area (Å²) in [6, 6.07) is 24.5. The van der Waals surface area contributed by atoms with Gasteiger partial charge in [-0.05, 0) is 68.5 Å². The third-order valence-corrected chi connectivity index (χ3v) is 7.44. The molecule has 1 aliphatic carbocycles. The molecule has 4 nitrogen and oxygen atoms in total. The average molecular weight is 480 g/mol. The number of benzene rings is 3. The van der Waals surface area contributed by atoms with Crippen molar-refractivity contribution < 1.29 is 9.18 Å². The summed E-state index contributed by atoms with van der Waals surface area (Å²) < 4.78 is 14.1. The van der Waals surface area contributed by atoms with Gasteiger partial charge in [-0.25, -0.2) is 9.37 Å². The predicted octanol–water partition coefficient (Wildman–Crippen LogP) is 6.52. The molecule has 2 heterocycles. The molecule has 1 amide bonds. The van der Waals surface area contributed by atoms with Crippen LogP contribution in [0.25, 0.3) is 22.2 Å². The molecule has 182 valence electrons. The molecule has 5 heteroatoms. The molecule has 1 aromatic heterocycles. The quantitative estimate of drug-likeness (QED) is 0.328. The van der Waals surface area contributed by atoms with Crippen LogP contribution >= 0.6 is 0 Å². The first-order valence-electron chi connectivity index (χ1n) is 12.9. The first-order valence-corrected chi connectivity index (χ1v) is 12.9. The number of aromatic nitrogens is 1. The molecule has 2 fully saturated rings. The smallest absolute Gasteiger partial charge is 0.252 e. The number of hydrogen-bond acceptors (Lipinski definition) is 3. The molecule has 0 bridgehead atoms. The van der Waals surface area contributed by atoms with Gasteiger partial charge < -0.3 is 5.32 Å². The Morgan fingerprint density at radius 2 is 1.72 bits per heavy atom. The third kappa shape index (κ3) is 4.63. The number of likely N-dealkylation sites (tertiary alicyclic amines) is 1. The van der Waals surface area contributed by atoms with Crippen LogP contribution in [-0.2, 0) is 6.54 Å². The summed E-state index contributed by atoms with van der Waals surface area (Å²) >= 11 is 0. The molecule has 3 aromatic carbocycles. The van der Waals surface area contributed by atoms with E-state index in [0.29, 0.717) is 18.0 Å². The van der Waals surface area contributed by atoms with Crippen molar-refractivity contribution in [3.63, 3.8) is 0 Å². The zero-order chi connectivity index (χ0) is 24.5. The summed E-state index contributed by atoms with van der Waals surface area (Å²) in [6.07, 6.45) is 4.42. The number of nitrogens with zero attached hydrogens (tertiary/aromatic N) is 2. The number of carbonyl (C=O) groups is 1. The first kappa shape index (κ1) is 22.9. The molecule has 0 spiro atoms. The molecule has 1 N–H and O–H groups in total. The van der Waals surface area contributed by atoms with E-state index in [2.05, 4.69) is 22.3 Å². The Labute approximate surface area is 211 Å². The maximum absolute atomic E-state index is 14.2. The molecule has 1 atom stereocenters. The van der Waals surface area contributed by atoms with Crippen LogP contribution in [0.4, 0.5) is 4.39 Å². The highest BCUT2D eigenvalue weighted by Crippen LogP contribution is 2.42. The van der Waals surface area contributed by atoms with Gasteiger partial charge in [0, 0.05) is 23.1 Å². The van der Waals surface area contributed by atoms with Crippen molar-refractivity contribution in [2.75, 3.05) is 13.1 Å². The number of pyridine rings is 1. The number of fused-ring (bicyclic) bond motifs is 1. The Bertz CT molecular complexity index is 1390. The Balaban J connectivity index is 1.49. The van der Waals surface area contributed by atoms with Crippen LogP contribution in [0, 0.1) is 11.7 Å². The van der Waals surface area contributed by atoms with Gasteiger partial charge in [0.1, 0.15) is 5.82 Å². The Kier molecular flexibility index (Phi) is 6.24. The van der Waals surface area contributed by atoms with Gasteiger partial charge in [0.05, 0.1) is 22.8 Å². The summed E-state index contributed by atoms with van der Waals surface area (Å²) in [5, 5.41) is 4.18. The van der Waals surface area contributed by atoms with Crippen LogP contribution in [-0.4, -0.2) is 28.9 Å². The van der Waals surface area contributed by atoms with Crippen molar-refractivity contribution in [3.05, 3.63) is 101 Å². The number of nitrogens with one attached hydrogen (secondary N) is 1. The number of hydrogen-bond donors (Lipinski definition) is 1. The number of halogens is 1. The standard InChI is InChI=1S/C31H30FN3O/c32-24-12-8-11-23(19-24)29(22-15-16-22)34-31(36)28-25-13-4-5-14-27(25)33-30(21-9-2-1-3-10-21)26(28)20-35-17-6-7-18-35/h1-5,8-14,19,22,29H,6-7,15-18,20H2,(H,34,36). The highest BCUT2D eigenvalue weighted by molar-refractivity contribution is 6.09. The molecular formula is C31H30FN3O. The largest absolute Gasteiger partial charge is 0.345 e. The lowest BCUT2D eigenvalue weighted by Gasteiger charge is -2.24. The molecule has 2 aliphatic rings. The molecule has 1 saturated carbocycles. The van der Waals surface area contributed by atoms with Crippen LogP contribution in [0.2, 0.25) is 0 Å². The number of carbonyl (C=O) groups excluding carboxylic acids is 1. The topological polar surface area (TPSA) is 45.2 Å². The van der Waals surface area contributed by atoms with Gasteiger partial charge in [-0.1, -0.05) is 60.7 Å². The van der Waals surface area contributed by atoms with Crippen LogP contribution in [0.3, 0.4) is 0 Å². The minimum absolute atomic E-state index is 0.110. The summed E-state index contributed by atoms with van der Waals surface area (Å²) in [5.74, 6) is -0.0523. The minimum Gasteiger partial charge on any atom is -0.345 e. The van der Waals surface area contributed by atoms with Crippen molar-refractivity contribution in [2.24, 2.45) is 5.92 Å². The second kappa shape index (κ2) is 9.82. The number of rotatable bonds is 7. The van der Waals surface area contributed by atoms with E-state index in [1.165, 1.54) is 18.9 Å². The molecule has 4 aromatic rings. The summed E-state index contributed by atoms with van der Waals surface area (Å²) in [4.78, 5) is 21.7. The van der Waals surface area contributed by atoms with Crippen LogP contribution in [0.15, 0.2) is 78.9 Å². The van der Waals surface area contributed by atoms with E-state index in [1.54, 1.807) is 12.1 Å². The fourth-order valence-corrected chi connectivity index (χ4v) is 5.48. The van der Waals surface area contributed by atoms with E-state index < -0.39 is 0 Å². The Morgan fingerprint density at radius 3 is 2.47 bits per heavy atom. The lowest BCUT2D eigenvalue weighted by atomic mass is 9.94. The van der Waals surface area contributed by atoms with E-state index in [1.807, 2.05) is 48.5 Å². The monoisotopic (exact) mass is 479 g/mol. The van der Waals surface area contributed by atoms with E-state index in [4.69, 9.17) is 4.98 Å². The maximum atomic E-state index is 14.2. The third-order valence-electron chi connectivity index (χ3n) is 7.44. The zero-order valence-corrected chi connectivity index (χ0v) is 20.3. The fourth-order valence-electron chi connectivity index (χ4n) is 5.48.